The normalized spacial score (nSPS) is 18.8. The number of benzene rings is 1. The predicted octanol–water partition coefficient (Wildman–Crippen LogP) is 2.34. The summed E-state index contributed by atoms with van der Waals surface area (Å²) >= 11 is 1.55. The molecule has 0 unspecified atom stereocenters. The van der Waals surface area contributed by atoms with Crippen molar-refractivity contribution in [2.24, 2.45) is 0 Å². The summed E-state index contributed by atoms with van der Waals surface area (Å²) in [4.78, 5) is 12.7. The number of fused-ring (bicyclic) bond motifs is 1. The molecule has 2 nitrogen and oxygen atoms in total. The molecule has 0 aromatic heterocycles. The molecule has 0 radical (unpaired) electrons. The third-order valence-corrected chi connectivity index (χ3v) is 3.55. The molecule has 3 heteroatoms. The minimum atomic E-state index is -0.349. The standard InChI is InChI=1S/C10H11NOS/c1-10(2)9(12)6-4-3-5-7(11)8(6)13-10/h3-5H,11H2,1-2H3. The topological polar surface area (TPSA) is 43.1 Å². The van der Waals surface area contributed by atoms with Crippen LogP contribution in [0.25, 0.3) is 0 Å². The van der Waals surface area contributed by atoms with Crippen molar-refractivity contribution in [3.8, 4) is 0 Å². The lowest BCUT2D eigenvalue weighted by Gasteiger charge is -2.12. The second-order valence-electron chi connectivity index (χ2n) is 3.67. The molecule has 0 saturated carbocycles. The van der Waals surface area contributed by atoms with Crippen molar-refractivity contribution in [1.29, 1.82) is 0 Å². The Balaban J connectivity index is 2.63. The van der Waals surface area contributed by atoms with E-state index >= 15 is 0 Å². The highest BCUT2D eigenvalue weighted by Gasteiger charge is 2.39. The Morgan fingerprint density at radius 2 is 2.08 bits per heavy atom. The van der Waals surface area contributed by atoms with E-state index in [2.05, 4.69) is 0 Å². The number of thioether (sulfide) groups is 1. The van der Waals surface area contributed by atoms with Crippen LogP contribution in [0.2, 0.25) is 0 Å². The summed E-state index contributed by atoms with van der Waals surface area (Å²) in [7, 11) is 0. The maximum atomic E-state index is 11.8. The average molecular weight is 193 g/mol. The molecule has 13 heavy (non-hydrogen) atoms. The number of rotatable bonds is 0. The highest BCUT2D eigenvalue weighted by Crippen LogP contribution is 2.46. The smallest absolute Gasteiger partial charge is 0.179 e. The molecular formula is C10H11NOS. The average Bonchev–Trinajstić information content (AvgIpc) is 2.28. The first kappa shape index (κ1) is 8.63. The van der Waals surface area contributed by atoms with Gasteiger partial charge in [-0.05, 0) is 19.9 Å². The molecule has 1 aromatic rings. The number of hydrogen-bond acceptors (Lipinski definition) is 3. The molecule has 1 aromatic carbocycles. The molecule has 0 bridgehead atoms. The molecule has 68 valence electrons. The number of Topliss-reactive ketones (excluding diaryl/α,β-unsaturated/α-hetero) is 1. The Bertz CT molecular complexity index is 385. The fourth-order valence-corrected chi connectivity index (χ4v) is 2.64. The zero-order valence-corrected chi connectivity index (χ0v) is 8.44. The molecule has 0 atom stereocenters. The van der Waals surface area contributed by atoms with Gasteiger partial charge in [-0.3, -0.25) is 4.79 Å². The minimum Gasteiger partial charge on any atom is -0.398 e. The Labute approximate surface area is 81.5 Å². The molecular weight excluding hydrogens is 182 g/mol. The van der Waals surface area contributed by atoms with Crippen LogP contribution in [-0.4, -0.2) is 10.5 Å². The van der Waals surface area contributed by atoms with E-state index in [1.807, 2.05) is 32.0 Å². The van der Waals surface area contributed by atoms with Crippen molar-refractivity contribution in [3.63, 3.8) is 0 Å². The van der Waals surface area contributed by atoms with Gasteiger partial charge in [0.05, 0.1) is 4.75 Å². The second-order valence-corrected chi connectivity index (χ2v) is 5.30. The summed E-state index contributed by atoms with van der Waals surface area (Å²) in [5.41, 5.74) is 7.26. The van der Waals surface area contributed by atoms with Gasteiger partial charge in [-0.1, -0.05) is 12.1 Å². The number of hydrogen-bond donors (Lipinski definition) is 1. The largest absolute Gasteiger partial charge is 0.398 e. The highest BCUT2D eigenvalue weighted by atomic mass is 32.2. The monoisotopic (exact) mass is 193 g/mol. The van der Waals surface area contributed by atoms with Gasteiger partial charge in [0.1, 0.15) is 0 Å². The maximum Gasteiger partial charge on any atom is 0.179 e. The summed E-state index contributed by atoms with van der Waals surface area (Å²) in [6.07, 6.45) is 0. The number of ketones is 1. The van der Waals surface area contributed by atoms with Gasteiger partial charge in [-0.25, -0.2) is 0 Å². The SMILES string of the molecule is CC1(C)Sc2c(N)cccc2C1=O. The number of anilines is 1. The van der Waals surface area contributed by atoms with Crippen LogP contribution in [0.4, 0.5) is 5.69 Å². The van der Waals surface area contributed by atoms with E-state index in [0.29, 0.717) is 5.69 Å². The number of carbonyl (C=O) groups is 1. The Morgan fingerprint density at radius 1 is 1.38 bits per heavy atom. The van der Waals surface area contributed by atoms with Crippen molar-refractivity contribution in [2.75, 3.05) is 5.73 Å². The van der Waals surface area contributed by atoms with E-state index < -0.39 is 0 Å². The van der Waals surface area contributed by atoms with Crippen molar-refractivity contribution in [3.05, 3.63) is 23.8 Å². The van der Waals surface area contributed by atoms with Gasteiger partial charge in [0, 0.05) is 16.1 Å². The van der Waals surface area contributed by atoms with Gasteiger partial charge in [0.2, 0.25) is 0 Å². The van der Waals surface area contributed by atoms with E-state index in [-0.39, 0.29) is 10.5 Å². The van der Waals surface area contributed by atoms with Crippen LogP contribution in [-0.2, 0) is 0 Å². The summed E-state index contributed by atoms with van der Waals surface area (Å²) in [5.74, 6) is 0.180. The molecule has 2 N–H and O–H groups in total. The predicted molar refractivity (Wildman–Crippen MR) is 55.1 cm³/mol. The quantitative estimate of drug-likeness (QED) is 0.643. The summed E-state index contributed by atoms with van der Waals surface area (Å²) in [5, 5.41) is 0. The first-order valence-corrected chi connectivity index (χ1v) is 4.96. The van der Waals surface area contributed by atoms with E-state index in [1.165, 1.54) is 0 Å². The van der Waals surface area contributed by atoms with Gasteiger partial charge in [0.15, 0.2) is 5.78 Å². The molecule has 0 saturated heterocycles. The van der Waals surface area contributed by atoms with E-state index in [1.54, 1.807) is 11.8 Å². The van der Waals surface area contributed by atoms with Crippen molar-refractivity contribution in [2.45, 2.75) is 23.5 Å². The third-order valence-electron chi connectivity index (χ3n) is 2.19. The molecule has 0 aliphatic carbocycles. The van der Waals surface area contributed by atoms with Gasteiger partial charge in [-0.15, -0.1) is 11.8 Å². The maximum absolute atomic E-state index is 11.8. The molecule has 1 heterocycles. The lowest BCUT2D eigenvalue weighted by molar-refractivity contribution is 0.0961. The van der Waals surface area contributed by atoms with Crippen molar-refractivity contribution < 1.29 is 4.79 Å². The Hall–Kier alpha value is -0.960. The number of nitrogen functional groups attached to an aromatic ring is 1. The number of nitrogens with two attached hydrogens (primary N) is 1. The molecule has 0 spiro atoms. The molecule has 1 aliphatic heterocycles. The zero-order chi connectivity index (χ0) is 9.64. The molecule has 2 rings (SSSR count). The highest BCUT2D eigenvalue weighted by molar-refractivity contribution is 8.02. The molecule has 0 amide bonds. The number of carbonyl (C=O) groups excluding carboxylic acids is 1. The molecule has 0 fully saturated rings. The fraction of sp³-hybridized carbons (Fsp3) is 0.300. The summed E-state index contributed by atoms with van der Waals surface area (Å²) in [6.45, 7) is 3.86. The first-order valence-electron chi connectivity index (χ1n) is 4.15. The van der Waals surface area contributed by atoms with E-state index in [4.69, 9.17) is 5.73 Å². The van der Waals surface area contributed by atoms with Crippen LogP contribution < -0.4 is 5.73 Å². The van der Waals surface area contributed by atoms with E-state index in [9.17, 15) is 4.79 Å². The van der Waals surface area contributed by atoms with Gasteiger partial charge < -0.3 is 5.73 Å². The summed E-state index contributed by atoms with van der Waals surface area (Å²) < 4.78 is -0.349. The van der Waals surface area contributed by atoms with Gasteiger partial charge in [-0.2, -0.15) is 0 Å². The third kappa shape index (κ3) is 1.15. The van der Waals surface area contributed by atoms with Gasteiger partial charge >= 0.3 is 0 Å². The fourth-order valence-electron chi connectivity index (χ4n) is 1.47. The van der Waals surface area contributed by atoms with Crippen molar-refractivity contribution >= 4 is 23.2 Å². The van der Waals surface area contributed by atoms with E-state index in [0.717, 1.165) is 10.5 Å². The van der Waals surface area contributed by atoms with Gasteiger partial charge in [0.25, 0.3) is 0 Å². The van der Waals surface area contributed by atoms with Crippen LogP contribution in [0.15, 0.2) is 23.1 Å². The van der Waals surface area contributed by atoms with Crippen LogP contribution in [0.1, 0.15) is 24.2 Å². The zero-order valence-electron chi connectivity index (χ0n) is 7.63. The lowest BCUT2D eigenvalue weighted by Crippen LogP contribution is -2.21. The lowest BCUT2D eigenvalue weighted by atomic mass is 10.0. The molecule has 1 aliphatic rings. The Morgan fingerprint density at radius 3 is 2.69 bits per heavy atom. The van der Waals surface area contributed by atoms with Crippen LogP contribution in [0.3, 0.4) is 0 Å². The van der Waals surface area contributed by atoms with Crippen molar-refractivity contribution in [1.82, 2.24) is 0 Å². The van der Waals surface area contributed by atoms with Crippen LogP contribution in [0, 0.1) is 0 Å². The Kier molecular flexibility index (Phi) is 1.67. The first-order chi connectivity index (χ1) is 6.02. The van der Waals surface area contributed by atoms with Crippen LogP contribution in [0.5, 0.6) is 0 Å². The second kappa shape index (κ2) is 2.51. The minimum absolute atomic E-state index is 0.180. The summed E-state index contributed by atoms with van der Waals surface area (Å²) in [6, 6.07) is 5.50. The van der Waals surface area contributed by atoms with Crippen LogP contribution >= 0.6 is 11.8 Å².